The predicted octanol–water partition coefficient (Wildman–Crippen LogP) is 2.82. The van der Waals surface area contributed by atoms with E-state index in [1.54, 1.807) is 6.20 Å². The molecule has 1 saturated heterocycles. The Balaban J connectivity index is 1.33. The number of hydrogen-bond acceptors (Lipinski definition) is 4. The fourth-order valence-corrected chi connectivity index (χ4v) is 4.83. The molecule has 1 aliphatic carbocycles. The van der Waals surface area contributed by atoms with Gasteiger partial charge in [-0.05, 0) is 36.6 Å². The first-order chi connectivity index (χ1) is 15.3. The Kier molecular flexibility index (Phi) is 7.59. The van der Waals surface area contributed by atoms with Crippen LogP contribution in [-0.4, -0.2) is 67.1 Å². The summed E-state index contributed by atoms with van der Waals surface area (Å²) < 4.78 is 7.44. The number of guanidine groups is 1. The van der Waals surface area contributed by atoms with Crippen molar-refractivity contribution in [2.45, 2.75) is 38.6 Å². The summed E-state index contributed by atoms with van der Waals surface area (Å²) in [7, 11) is 1.85. The van der Waals surface area contributed by atoms with Crippen LogP contribution in [-0.2, 0) is 11.3 Å². The molecule has 0 unspecified atom stereocenters. The second kappa shape index (κ2) is 10.8. The smallest absolute Gasteiger partial charge is 0.191 e. The molecule has 1 saturated carbocycles. The van der Waals surface area contributed by atoms with Crippen LogP contribution in [0.3, 0.4) is 0 Å². The van der Waals surface area contributed by atoms with Crippen molar-refractivity contribution in [2.75, 3.05) is 46.4 Å². The lowest BCUT2D eigenvalue weighted by Gasteiger charge is -2.42. The minimum atomic E-state index is 0.327. The Morgan fingerprint density at radius 3 is 2.71 bits per heavy atom. The van der Waals surface area contributed by atoms with Gasteiger partial charge in [-0.2, -0.15) is 5.10 Å². The van der Waals surface area contributed by atoms with Gasteiger partial charge in [-0.3, -0.25) is 9.89 Å². The van der Waals surface area contributed by atoms with Gasteiger partial charge >= 0.3 is 0 Å². The lowest BCUT2D eigenvalue weighted by atomic mass is 9.73. The van der Waals surface area contributed by atoms with Gasteiger partial charge in [-0.1, -0.05) is 31.4 Å². The number of morpholine rings is 1. The molecule has 168 valence electrons. The van der Waals surface area contributed by atoms with Gasteiger partial charge in [0.15, 0.2) is 5.96 Å². The van der Waals surface area contributed by atoms with Gasteiger partial charge in [0.25, 0.3) is 0 Å². The second-order valence-corrected chi connectivity index (χ2v) is 8.85. The molecule has 0 amide bonds. The maximum absolute atomic E-state index is 5.55. The van der Waals surface area contributed by atoms with Crippen molar-refractivity contribution in [3.05, 3.63) is 48.3 Å². The highest BCUT2D eigenvalue weighted by atomic mass is 16.5. The molecule has 0 radical (unpaired) electrons. The molecule has 1 aromatic heterocycles. The highest BCUT2D eigenvalue weighted by Gasteiger charge is 2.34. The van der Waals surface area contributed by atoms with Gasteiger partial charge < -0.3 is 15.4 Å². The Bertz CT molecular complexity index is 822. The van der Waals surface area contributed by atoms with Crippen LogP contribution < -0.4 is 10.6 Å². The number of aromatic nitrogens is 2. The van der Waals surface area contributed by atoms with E-state index in [0.29, 0.717) is 5.41 Å². The van der Waals surface area contributed by atoms with Crippen molar-refractivity contribution >= 4 is 5.96 Å². The van der Waals surface area contributed by atoms with Crippen molar-refractivity contribution in [1.29, 1.82) is 0 Å². The van der Waals surface area contributed by atoms with E-state index in [0.717, 1.165) is 57.6 Å². The average molecular weight is 425 g/mol. The molecular weight excluding hydrogens is 388 g/mol. The van der Waals surface area contributed by atoms with Gasteiger partial charge in [-0.25, -0.2) is 4.68 Å². The molecule has 2 fully saturated rings. The predicted molar refractivity (Wildman–Crippen MR) is 125 cm³/mol. The summed E-state index contributed by atoms with van der Waals surface area (Å²) in [4.78, 5) is 7.07. The van der Waals surface area contributed by atoms with E-state index in [1.165, 1.54) is 37.7 Å². The van der Waals surface area contributed by atoms with Crippen LogP contribution in [0, 0.1) is 5.41 Å². The Hall–Kier alpha value is -2.38. The van der Waals surface area contributed by atoms with E-state index in [-0.39, 0.29) is 0 Å². The first-order valence-corrected chi connectivity index (χ1v) is 11.6. The van der Waals surface area contributed by atoms with Gasteiger partial charge in [0.1, 0.15) is 0 Å². The van der Waals surface area contributed by atoms with E-state index in [1.807, 2.05) is 24.0 Å². The first-order valence-electron chi connectivity index (χ1n) is 11.6. The molecule has 4 rings (SSSR count). The number of aliphatic imine (C=N–C) groups is 1. The number of rotatable bonds is 7. The third-order valence-electron chi connectivity index (χ3n) is 6.57. The summed E-state index contributed by atoms with van der Waals surface area (Å²) in [6, 6.07) is 10.4. The molecule has 31 heavy (non-hydrogen) atoms. The fourth-order valence-electron chi connectivity index (χ4n) is 4.83. The van der Waals surface area contributed by atoms with E-state index in [9.17, 15) is 0 Å². The van der Waals surface area contributed by atoms with Crippen LogP contribution in [0.25, 0.3) is 5.69 Å². The molecule has 7 nitrogen and oxygen atoms in total. The van der Waals surface area contributed by atoms with Gasteiger partial charge in [-0.15, -0.1) is 0 Å². The van der Waals surface area contributed by atoms with Gasteiger partial charge in [0.2, 0.25) is 0 Å². The lowest BCUT2D eigenvalue weighted by Crippen LogP contribution is -2.51. The minimum Gasteiger partial charge on any atom is -0.379 e. The zero-order valence-corrected chi connectivity index (χ0v) is 18.7. The molecule has 1 aromatic carbocycles. The topological polar surface area (TPSA) is 66.7 Å². The van der Waals surface area contributed by atoms with Crippen LogP contribution in [0.15, 0.2) is 47.7 Å². The highest BCUT2D eigenvalue weighted by Crippen LogP contribution is 2.36. The number of nitrogens with zero attached hydrogens (tertiary/aromatic N) is 4. The number of ether oxygens (including phenoxy) is 1. The second-order valence-electron chi connectivity index (χ2n) is 8.85. The standard InChI is InChI=1S/C24H36N6O/c1-25-23(26-18-21-7-5-8-22(17-21)30-12-6-11-28-30)27-19-24(9-3-2-4-10-24)20-29-13-15-31-16-14-29/h5-8,11-12,17H,2-4,9-10,13-16,18-20H2,1H3,(H2,25,26,27). The Morgan fingerprint density at radius 1 is 1.13 bits per heavy atom. The normalized spacial score (nSPS) is 19.8. The van der Waals surface area contributed by atoms with E-state index >= 15 is 0 Å². The molecule has 2 N–H and O–H groups in total. The van der Waals surface area contributed by atoms with Crippen LogP contribution in [0.5, 0.6) is 0 Å². The summed E-state index contributed by atoms with van der Waals surface area (Å²) in [5.41, 5.74) is 2.60. The number of benzene rings is 1. The van der Waals surface area contributed by atoms with Crippen LogP contribution in [0.4, 0.5) is 0 Å². The van der Waals surface area contributed by atoms with Crippen LogP contribution in [0.2, 0.25) is 0 Å². The monoisotopic (exact) mass is 424 g/mol. The van der Waals surface area contributed by atoms with Crippen molar-refractivity contribution in [2.24, 2.45) is 10.4 Å². The molecule has 7 heteroatoms. The van der Waals surface area contributed by atoms with E-state index in [4.69, 9.17) is 4.74 Å². The summed E-state index contributed by atoms with van der Waals surface area (Å²) in [5.74, 6) is 0.872. The Morgan fingerprint density at radius 2 is 1.97 bits per heavy atom. The SMILES string of the molecule is CN=C(NCc1cccc(-n2cccn2)c1)NCC1(CN2CCOCC2)CCCCC1. The van der Waals surface area contributed by atoms with Crippen LogP contribution in [0.1, 0.15) is 37.7 Å². The van der Waals surface area contributed by atoms with Crippen LogP contribution >= 0.6 is 0 Å². The third kappa shape index (κ3) is 6.08. The number of hydrogen-bond donors (Lipinski definition) is 2. The lowest BCUT2D eigenvalue weighted by molar-refractivity contribution is 0.00820. The number of nitrogens with one attached hydrogen (secondary N) is 2. The molecule has 0 atom stereocenters. The van der Waals surface area contributed by atoms with E-state index in [2.05, 4.69) is 49.9 Å². The molecule has 0 bridgehead atoms. The maximum Gasteiger partial charge on any atom is 0.191 e. The average Bonchev–Trinajstić information content (AvgIpc) is 3.36. The molecule has 1 aliphatic heterocycles. The quantitative estimate of drug-likeness (QED) is 0.529. The van der Waals surface area contributed by atoms with Crippen molar-refractivity contribution in [3.8, 4) is 5.69 Å². The Labute approximate surface area is 185 Å². The molecule has 2 aliphatic rings. The maximum atomic E-state index is 5.55. The fraction of sp³-hybridized carbons (Fsp3) is 0.583. The van der Waals surface area contributed by atoms with E-state index < -0.39 is 0 Å². The highest BCUT2D eigenvalue weighted by molar-refractivity contribution is 5.79. The van der Waals surface area contributed by atoms with Crippen molar-refractivity contribution in [3.63, 3.8) is 0 Å². The summed E-state index contributed by atoms with van der Waals surface area (Å²) in [5, 5.41) is 11.5. The summed E-state index contributed by atoms with van der Waals surface area (Å²) >= 11 is 0. The summed E-state index contributed by atoms with van der Waals surface area (Å²) in [6.07, 6.45) is 10.4. The zero-order valence-electron chi connectivity index (χ0n) is 18.7. The first kappa shape index (κ1) is 21.8. The molecule has 2 aromatic rings. The minimum absolute atomic E-state index is 0.327. The third-order valence-corrected chi connectivity index (χ3v) is 6.57. The summed E-state index contributed by atoms with van der Waals surface area (Å²) in [6.45, 7) is 6.70. The van der Waals surface area contributed by atoms with Crippen molar-refractivity contribution < 1.29 is 4.74 Å². The zero-order chi connectivity index (χ0) is 21.4. The van der Waals surface area contributed by atoms with Crippen molar-refractivity contribution in [1.82, 2.24) is 25.3 Å². The molecule has 2 heterocycles. The van der Waals surface area contributed by atoms with Gasteiger partial charge in [0, 0.05) is 57.6 Å². The van der Waals surface area contributed by atoms with Gasteiger partial charge in [0.05, 0.1) is 18.9 Å². The largest absolute Gasteiger partial charge is 0.379 e. The molecular formula is C24H36N6O. The molecule has 0 spiro atoms.